The minimum atomic E-state index is -3.94. The second-order valence-electron chi connectivity index (χ2n) is 5.59. The van der Waals surface area contributed by atoms with Crippen molar-refractivity contribution in [2.24, 2.45) is 0 Å². The summed E-state index contributed by atoms with van der Waals surface area (Å²) >= 11 is 5.87. The highest BCUT2D eigenvalue weighted by Gasteiger charge is 2.21. The van der Waals surface area contributed by atoms with Gasteiger partial charge in [0.15, 0.2) is 0 Å². The van der Waals surface area contributed by atoms with E-state index in [0.29, 0.717) is 12.2 Å². The van der Waals surface area contributed by atoms with Crippen LogP contribution in [0.3, 0.4) is 0 Å². The average molecular weight is 418 g/mol. The van der Waals surface area contributed by atoms with Crippen molar-refractivity contribution in [3.05, 3.63) is 47.5 Å². The maximum absolute atomic E-state index is 12.6. The molecule has 0 saturated heterocycles. The molecule has 0 heterocycles. The molecule has 0 aliphatic rings. The van der Waals surface area contributed by atoms with Gasteiger partial charge in [0.25, 0.3) is 10.0 Å². The van der Waals surface area contributed by atoms with Crippen molar-refractivity contribution in [3.63, 3.8) is 0 Å². The molecule has 0 spiro atoms. The third kappa shape index (κ3) is 4.47. The molecule has 0 fully saturated rings. The molecule has 0 saturated carbocycles. The van der Waals surface area contributed by atoms with Gasteiger partial charge in [-0.1, -0.05) is 17.7 Å². The van der Waals surface area contributed by atoms with Crippen LogP contribution in [0, 0.1) is 0 Å². The monoisotopic (exact) mass is 417 g/mol. The minimum absolute atomic E-state index is 0.0201. The first-order valence-corrected chi connectivity index (χ1v) is 11.0. The van der Waals surface area contributed by atoms with Crippen LogP contribution in [-0.4, -0.2) is 41.8 Å². The Morgan fingerprint density at radius 1 is 0.962 bits per heavy atom. The van der Waals surface area contributed by atoms with Gasteiger partial charge in [-0.05, 0) is 43.3 Å². The molecule has 2 rings (SSSR count). The second kappa shape index (κ2) is 7.83. The molecule has 0 unspecified atom stereocenters. The number of rotatable bonds is 7. The predicted octanol–water partition coefficient (Wildman–Crippen LogP) is 2.82. The van der Waals surface area contributed by atoms with Crippen molar-refractivity contribution >= 4 is 43.0 Å². The quantitative estimate of drug-likeness (QED) is 0.722. The Hall–Kier alpha value is -1.81. The van der Waals surface area contributed by atoms with Crippen LogP contribution in [0.15, 0.2) is 52.3 Å². The number of benzene rings is 2. The lowest BCUT2D eigenvalue weighted by Gasteiger charge is -2.17. The van der Waals surface area contributed by atoms with Crippen LogP contribution in [0.5, 0.6) is 0 Å². The van der Waals surface area contributed by atoms with E-state index in [-0.39, 0.29) is 20.5 Å². The molecular formula is C16H20ClN3O4S2. The largest absolute Gasteiger partial charge is 0.384 e. The third-order valence-electron chi connectivity index (χ3n) is 3.49. The number of nitrogens with zero attached hydrogens (tertiary/aromatic N) is 1. The van der Waals surface area contributed by atoms with E-state index in [1.54, 1.807) is 6.07 Å². The van der Waals surface area contributed by atoms with Crippen LogP contribution >= 0.6 is 11.6 Å². The summed E-state index contributed by atoms with van der Waals surface area (Å²) < 4.78 is 53.5. The van der Waals surface area contributed by atoms with Crippen molar-refractivity contribution in [1.82, 2.24) is 4.31 Å². The molecule has 26 heavy (non-hydrogen) atoms. The van der Waals surface area contributed by atoms with E-state index in [1.165, 1.54) is 50.5 Å². The molecule has 0 radical (unpaired) electrons. The van der Waals surface area contributed by atoms with Gasteiger partial charge in [-0.2, -0.15) is 0 Å². The first kappa shape index (κ1) is 20.5. The smallest absolute Gasteiger partial charge is 0.262 e. The Balaban J connectivity index is 2.52. The zero-order chi connectivity index (χ0) is 19.5. The molecule has 10 heteroatoms. The molecule has 0 atom stereocenters. The van der Waals surface area contributed by atoms with Crippen LogP contribution in [0.25, 0.3) is 0 Å². The van der Waals surface area contributed by atoms with Gasteiger partial charge in [0.05, 0.1) is 21.2 Å². The Bertz CT molecular complexity index is 1010. The summed E-state index contributed by atoms with van der Waals surface area (Å²) in [6.07, 6.45) is 0. The molecular weight excluding hydrogens is 398 g/mol. The molecule has 2 N–H and O–H groups in total. The minimum Gasteiger partial charge on any atom is -0.384 e. The fourth-order valence-electron chi connectivity index (χ4n) is 2.16. The molecule has 0 aliphatic carbocycles. The lowest BCUT2D eigenvalue weighted by molar-refractivity contribution is 0.521. The van der Waals surface area contributed by atoms with Crippen molar-refractivity contribution in [3.8, 4) is 0 Å². The Morgan fingerprint density at radius 2 is 1.65 bits per heavy atom. The topological polar surface area (TPSA) is 95.6 Å². The van der Waals surface area contributed by atoms with E-state index in [1.807, 2.05) is 6.92 Å². The summed E-state index contributed by atoms with van der Waals surface area (Å²) in [7, 11) is -4.84. The normalized spacial score (nSPS) is 12.2. The van der Waals surface area contributed by atoms with E-state index < -0.39 is 20.0 Å². The molecule has 2 aromatic rings. The standard InChI is InChI=1S/C16H20ClN3O4S2/c1-4-18-15-9-8-14(26(23,24)20(2)3)11-16(15)19-25(21,22)13-7-5-6-12(17)10-13/h5-11,18-19H,4H2,1-3H3. The van der Waals surface area contributed by atoms with E-state index >= 15 is 0 Å². The van der Waals surface area contributed by atoms with E-state index in [2.05, 4.69) is 10.0 Å². The predicted molar refractivity (Wildman–Crippen MR) is 104 cm³/mol. The average Bonchev–Trinajstić information content (AvgIpc) is 2.56. The van der Waals surface area contributed by atoms with Crippen molar-refractivity contribution < 1.29 is 16.8 Å². The summed E-state index contributed by atoms with van der Waals surface area (Å²) in [6.45, 7) is 2.38. The lowest BCUT2D eigenvalue weighted by Crippen LogP contribution is -2.22. The maximum Gasteiger partial charge on any atom is 0.262 e. The number of halogens is 1. The maximum atomic E-state index is 12.6. The van der Waals surface area contributed by atoms with Crippen LogP contribution in [-0.2, 0) is 20.0 Å². The number of sulfonamides is 2. The van der Waals surface area contributed by atoms with Crippen LogP contribution in [0.4, 0.5) is 11.4 Å². The van der Waals surface area contributed by atoms with Gasteiger partial charge in [-0.3, -0.25) is 4.72 Å². The van der Waals surface area contributed by atoms with Gasteiger partial charge in [0.1, 0.15) is 0 Å². The third-order valence-corrected chi connectivity index (χ3v) is 6.90. The number of anilines is 2. The first-order valence-electron chi connectivity index (χ1n) is 7.67. The van der Waals surface area contributed by atoms with Gasteiger partial charge >= 0.3 is 0 Å². The van der Waals surface area contributed by atoms with Gasteiger partial charge < -0.3 is 5.32 Å². The first-order chi connectivity index (χ1) is 12.1. The van der Waals surface area contributed by atoms with Gasteiger partial charge in [0, 0.05) is 25.7 Å². The molecule has 0 bridgehead atoms. The Morgan fingerprint density at radius 3 is 2.23 bits per heavy atom. The number of hydrogen-bond donors (Lipinski definition) is 2. The van der Waals surface area contributed by atoms with Crippen LogP contribution < -0.4 is 10.0 Å². The second-order valence-corrected chi connectivity index (χ2v) is 9.86. The Labute approximate surface area is 159 Å². The lowest BCUT2D eigenvalue weighted by atomic mass is 10.2. The summed E-state index contributed by atoms with van der Waals surface area (Å²) in [4.78, 5) is -0.0405. The van der Waals surface area contributed by atoms with Crippen LogP contribution in [0.1, 0.15) is 6.92 Å². The molecule has 7 nitrogen and oxygen atoms in total. The summed E-state index contributed by atoms with van der Waals surface area (Å²) in [6, 6.07) is 10.0. The SMILES string of the molecule is CCNc1ccc(S(=O)(=O)N(C)C)cc1NS(=O)(=O)c1cccc(Cl)c1. The Kier molecular flexibility index (Phi) is 6.17. The fourth-order valence-corrected chi connectivity index (χ4v) is 4.46. The van der Waals surface area contributed by atoms with Gasteiger partial charge in [-0.15, -0.1) is 0 Å². The highest BCUT2D eigenvalue weighted by Crippen LogP contribution is 2.29. The summed E-state index contributed by atoms with van der Waals surface area (Å²) in [5.41, 5.74) is 0.602. The fraction of sp³-hybridized carbons (Fsp3) is 0.250. The molecule has 0 aliphatic heterocycles. The van der Waals surface area contributed by atoms with Crippen molar-refractivity contribution in [1.29, 1.82) is 0 Å². The van der Waals surface area contributed by atoms with E-state index in [9.17, 15) is 16.8 Å². The highest BCUT2D eigenvalue weighted by atomic mass is 35.5. The van der Waals surface area contributed by atoms with E-state index in [0.717, 1.165) is 4.31 Å². The number of hydrogen-bond acceptors (Lipinski definition) is 5. The molecule has 0 amide bonds. The molecule has 142 valence electrons. The van der Waals surface area contributed by atoms with E-state index in [4.69, 9.17) is 11.6 Å². The van der Waals surface area contributed by atoms with Crippen molar-refractivity contribution in [2.45, 2.75) is 16.7 Å². The molecule has 2 aromatic carbocycles. The van der Waals surface area contributed by atoms with Gasteiger partial charge in [0.2, 0.25) is 10.0 Å². The van der Waals surface area contributed by atoms with Crippen LogP contribution in [0.2, 0.25) is 5.02 Å². The summed E-state index contributed by atoms with van der Waals surface area (Å²) in [5, 5.41) is 3.29. The number of nitrogens with one attached hydrogen (secondary N) is 2. The zero-order valence-corrected chi connectivity index (χ0v) is 16.9. The van der Waals surface area contributed by atoms with Crippen molar-refractivity contribution in [2.75, 3.05) is 30.7 Å². The zero-order valence-electron chi connectivity index (χ0n) is 14.5. The summed E-state index contributed by atoms with van der Waals surface area (Å²) in [5.74, 6) is 0. The highest BCUT2D eigenvalue weighted by molar-refractivity contribution is 7.92. The molecule has 0 aromatic heterocycles. The van der Waals surface area contributed by atoms with Gasteiger partial charge in [-0.25, -0.2) is 21.1 Å².